The van der Waals surface area contributed by atoms with Crippen molar-refractivity contribution in [1.29, 1.82) is 0 Å². The average molecular weight is 1130 g/mol. The van der Waals surface area contributed by atoms with Gasteiger partial charge in [0.1, 0.15) is 23.3 Å². The van der Waals surface area contributed by atoms with Crippen LogP contribution in [0.15, 0.2) is 54.3 Å². The monoisotopic (exact) mass is 1130 g/mol. The van der Waals surface area contributed by atoms with E-state index in [1.54, 1.807) is 35.6 Å². The number of amides is 2. The Morgan fingerprint density at radius 2 is 1.16 bits per heavy atom. The Morgan fingerprint density at radius 1 is 0.610 bits per heavy atom. The van der Waals surface area contributed by atoms with Gasteiger partial charge in [-0.05, 0) is 109 Å². The lowest BCUT2D eigenvalue weighted by Gasteiger charge is -2.06. The highest BCUT2D eigenvalue weighted by atomic mass is 16.2. The van der Waals surface area contributed by atoms with Crippen molar-refractivity contribution in [2.45, 2.75) is 204 Å². The third-order valence-electron chi connectivity index (χ3n) is 11.4. The molecule has 0 saturated heterocycles. The van der Waals surface area contributed by atoms with Crippen LogP contribution in [0.3, 0.4) is 0 Å². The fourth-order valence-corrected chi connectivity index (χ4v) is 7.43. The van der Waals surface area contributed by atoms with E-state index in [1.807, 2.05) is 118 Å². The number of aryl methyl sites for hydroxylation is 5. The van der Waals surface area contributed by atoms with Gasteiger partial charge in [0.2, 0.25) is 23.5 Å². The number of imidazole rings is 1. The molecule has 6 aliphatic heterocycles. The molecular weight excluding hydrogens is 1040 g/mol. The third-order valence-corrected chi connectivity index (χ3v) is 11.4. The number of fused-ring (bicyclic) bond motifs is 5. The fraction of sp³-hybridized carbons (Fsp3) is 0.544. The number of rotatable bonds is 2. The summed E-state index contributed by atoms with van der Waals surface area (Å²) in [6.45, 7) is 40.4. The van der Waals surface area contributed by atoms with Crippen LogP contribution in [0.25, 0.3) is 0 Å². The van der Waals surface area contributed by atoms with Gasteiger partial charge in [-0.2, -0.15) is 35.6 Å². The van der Waals surface area contributed by atoms with Crippen LogP contribution < -0.4 is 5.32 Å². The van der Waals surface area contributed by atoms with Crippen molar-refractivity contribution in [3.05, 3.63) is 81.5 Å². The molecule has 5 aromatic rings. The van der Waals surface area contributed by atoms with E-state index in [1.165, 1.54) is 30.0 Å². The van der Waals surface area contributed by atoms with E-state index in [2.05, 4.69) is 96.9 Å². The second-order valence-corrected chi connectivity index (χ2v) is 19.5. The molecule has 0 saturated carbocycles. The number of Topliss-reactive ketones (excluding diaryl/α,β-unsaturated/α-hetero) is 1. The van der Waals surface area contributed by atoms with Gasteiger partial charge in [0.25, 0.3) is 0 Å². The van der Waals surface area contributed by atoms with Crippen molar-refractivity contribution in [3.8, 4) is 0 Å². The van der Waals surface area contributed by atoms with Crippen molar-refractivity contribution in [2.75, 3.05) is 7.05 Å². The maximum absolute atomic E-state index is 11.0. The summed E-state index contributed by atoms with van der Waals surface area (Å²) in [4.78, 5) is 64.7. The molecule has 0 unspecified atom stereocenters. The van der Waals surface area contributed by atoms with E-state index >= 15 is 0 Å². The van der Waals surface area contributed by atoms with Crippen LogP contribution in [0.2, 0.25) is 0 Å². The van der Waals surface area contributed by atoms with E-state index in [0.717, 1.165) is 130 Å². The molecule has 0 radical (unpaired) electrons. The summed E-state index contributed by atoms with van der Waals surface area (Å²) in [5, 5.41) is 40.7. The minimum absolute atomic E-state index is 0. The van der Waals surface area contributed by atoms with E-state index in [0.29, 0.717) is 25.0 Å². The van der Waals surface area contributed by atoms with Gasteiger partial charge in [0.15, 0.2) is 23.3 Å². The summed E-state index contributed by atoms with van der Waals surface area (Å²) in [6.07, 6.45) is 10.6. The predicted octanol–water partition coefficient (Wildman–Crippen LogP) is 9.14. The number of ketones is 2. The highest BCUT2D eigenvalue weighted by Crippen LogP contribution is 2.26. The average Bonchev–Trinajstić information content (AvgIpc) is 4.49. The lowest BCUT2D eigenvalue weighted by Crippen LogP contribution is -2.24. The van der Waals surface area contributed by atoms with Gasteiger partial charge >= 0.3 is 0 Å². The predicted molar refractivity (Wildman–Crippen MR) is 326 cm³/mol. The van der Waals surface area contributed by atoms with Crippen molar-refractivity contribution >= 4 is 69.4 Å². The van der Waals surface area contributed by atoms with Crippen molar-refractivity contribution in [1.82, 2.24) is 74.3 Å². The number of carbonyl (C=O) groups excluding carboxylic acids is 4. The summed E-state index contributed by atoms with van der Waals surface area (Å²) < 4.78 is 7.49. The number of hydrazone groups is 1. The second-order valence-electron chi connectivity index (χ2n) is 19.5. The van der Waals surface area contributed by atoms with Gasteiger partial charge < -0.3 is 10.1 Å². The van der Waals surface area contributed by atoms with Crippen LogP contribution in [0, 0.1) is 48.5 Å². The maximum atomic E-state index is 11.0. The lowest BCUT2D eigenvalue weighted by molar-refractivity contribution is -0.127. The second kappa shape index (κ2) is 33.4. The molecule has 0 fully saturated rings. The molecule has 0 aromatic carbocycles. The molecule has 2 amide bonds. The minimum atomic E-state index is -0.208. The number of nitrogens with zero attached hydrogens (tertiary/aromatic N) is 20. The van der Waals surface area contributed by atoms with Crippen molar-refractivity contribution in [2.24, 2.45) is 30.4 Å². The topological polar surface area (TPSA) is 285 Å². The minimum Gasteiger partial charge on any atom is -0.323 e. The van der Waals surface area contributed by atoms with Gasteiger partial charge in [-0.15, -0.1) is 20.1 Å². The normalized spacial score (nSPS) is 14.4. The van der Waals surface area contributed by atoms with Crippen LogP contribution in [0.4, 0.5) is 11.8 Å². The largest absolute Gasteiger partial charge is 0.323 e. The first-order chi connectivity index (χ1) is 38.2. The summed E-state index contributed by atoms with van der Waals surface area (Å²) in [7, 11) is 1.67. The Labute approximate surface area is 484 Å². The quantitative estimate of drug-likeness (QED) is 0.173. The highest BCUT2D eigenvalue weighted by Gasteiger charge is 2.20. The number of aromatic nitrogens is 13. The maximum Gasteiger partial charge on any atom is 0.248 e. The first-order valence-corrected chi connectivity index (χ1v) is 27.3. The molecule has 0 spiro atoms. The molecule has 0 atom stereocenters. The standard InChI is InChI=1S/2C8H11N3.C8H9NO2.3C6H8N4.C5H8N2O.C4H8O.C3H8.C2H6.CH4/c1-5-4-11-8(9-5)6(2)7(3)10-11;1-5-4-8-9-6(2)7(3)11(8)10-5;1-6(10)9-7-4-2-3-5-8(7)11;1-4-3-10-6(7-4)8-5(2)9-10;1-4-3-6-8-7-5(2)10(6)9-4;1-4-3-6-7-5(2)9-10(6)8-4;1-4-3-5(8)7(2)6-4;1-3-4(2)5;1-3-2;1-2;/h2*4H2,1-3H3;3-5H,2H2,1H3,(H,9,10);3*3H2,1-2H3;3H2,1-2H3;3H2,1-2H3;3H2,1-2H3;1-2H3;1H4. The zero-order valence-corrected chi connectivity index (χ0v) is 51.7. The van der Waals surface area contributed by atoms with Crippen LogP contribution in [0.5, 0.6) is 0 Å². The molecule has 5 aromatic heterocycles. The molecular formula is C57H89N21O4. The zero-order valence-electron chi connectivity index (χ0n) is 51.7. The van der Waals surface area contributed by atoms with Gasteiger partial charge in [-0.25, -0.2) is 43.7 Å². The van der Waals surface area contributed by atoms with Gasteiger partial charge in [-0.3, -0.25) is 14.4 Å². The smallest absolute Gasteiger partial charge is 0.248 e. The SMILES string of the molecule is C.CC.CC(=O)NC1=CCC=CC1=O.CC1=NN(C)C(=O)C1.CC1=Nc2c(C)c(C)nn2C1.CC1=Nc2nc(C)nn2C1.CC1=Nn2c(C)nnc2C1.CC1=Nn2c(nc(C)c2C)C1.CC1=Nn2nc(C)nc2C1.CCC.CCC(C)=O. The molecule has 25 nitrogen and oxygen atoms in total. The molecule has 12 rings (SSSR count). The summed E-state index contributed by atoms with van der Waals surface area (Å²) in [5.41, 5.74) is 11.4. The van der Waals surface area contributed by atoms with Gasteiger partial charge in [-0.1, -0.05) is 60.6 Å². The van der Waals surface area contributed by atoms with Gasteiger partial charge in [0.05, 0.1) is 42.3 Å². The third kappa shape index (κ3) is 21.3. The molecule has 82 heavy (non-hydrogen) atoms. The zero-order chi connectivity index (χ0) is 60.8. The van der Waals surface area contributed by atoms with E-state index in [9.17, 15) is 19.2 Å². The molecule has 1 N–H and O–H groups in total. The molecule has 7 aliphatic rings. The summed E-state index contributed by atoms with van der Waals surface area (Å²) in [6, 6.07) is 0. The van der Waals surface area contributed by atoms with E-state index in [4.69, 9.17) is 0 Å². The summed E-state index contributed by atoms with van der Waals surface area (Å²) in [5.74, 6) is 7.24. The molecule has 446 valence electrons. The van der Waals surface area contributed by atoms with Crippen LogP contribution in [0.1, 0.15) is 181 Å². The number of aliphatic imine (C=N–C) groups is 2. The van der Waals surface area contributed by atoms with E-state index in [-0.39, 0.29) is 30.8 Å². The van der Waals surface area contributed by atoms with Gasteiger partial charge in [0, 0.05) is 79.5 Å². The molecule has 1 aliphatic carbocycles. The van der Waals surface area contributed by atoms with E-state index < -0.39 is 0 Å². The van der Waals surface area contributed by atoms with Crippen molar-refractivity contribution < 1.29 is 19.2 Å². The Balaban J connectivity index is 0.000000318. The number of nitrogens with one attached hydrogen (secondary N) is 1. The highest BCUT2D eigenvalue weighted by molar-refractivity contribution is 6.06. The Kier molecular flexibility index (Phi) is 28.4. The molecule has 11 heterocycles. The number of carbonyl (C=O) groups is 4. The number of allylic oxidation sites excluding steroid dienone is 3. The number of hydrogen-bond acceptors (Lipinski definition) is 18. The van der Waals surface area contributed by atoms with Crippen LogP contribution >= 0.6 is 0 Å². The Morgan fingerprint density at radius 3 is 1.66 bits per heavy atom. The fourth-order valence-electron chi connectivity index (χ4n) is 7.43. The van der Waals surface area contributed by atoms with Crippen molar-refractivity contribution in [3.63, 3.8) is 0 Å². The summed E-state index contributed by atoms with van der Waals surface area (Å²) >= 11 is 0. The molecule has 0 bridgehead atoms. The first kappa shape index (κ1) is 69.7. The van der Waals surface area contributed by atoms with Crippen LogP contribution in [-0.2, 0) is 51.5 Å². The number of hydrogen-bond donors (Lipinski definition) is 1. The molecule has 25 heteroatoms. The lowest BCUT2D eigenvalue weighted by atomic mass is 10.1. The first-order valence-electron chi connectivity index (χ1n) is 27.3. The Bertz CT molecular complexity index is 3140. The van der Waals surface area contributed by atoms with Crippen LogP contribution in [-0.4, -0.2) is 134 Å². The Hall–Kier alpha value is -8.38.